The van der Waals surface area contributed by atoms with Crippen molar-refractivity contribution in [3.8, 4) is 0 Å². The molecule has 1 aromatic rings. The van der Waals surface area contributed by atoms with E-state index in [0.717, 1.165) is 37.7 Å². The molecule has 1 fully saturated rings. The smallest absolute Gasteiger partial charge is 0.150 e. The molecule has 1 aliphatic rings. The molecule has 2 heterocycles. The van der Waals surface area contributed by atoms with Crippen LogP contribution < -0.4 is 10.2 Å². The maximum Gasteiger partial charge on any atom is 0.150 e. The van der Waals surface area contributed by atoms with Crippen molar-refractivity contribution in [3.63, 3.8) is 0 Å². The lowest BCUT2D eigenvalue weighted by Crippen LogP contribution is -2.41. The molecule has 2 rings (SSSR count). The van der Waals surface area contributed by atoms with Gasteiger partial charge in [-0.3, -0.25) is 0 Å². The van der Waals surface area contributed by atoms with Crippen LogP contribution in [0, 0.1) is 0 Å². The number of nitrogens with one attached hydrogen (secondary N) is 1. The van der Waals surface area contributed by atoms with E-state index in [1.165, 1.54) is 0 Å². The van der Waals surface area contributed by atoms with Gasteiger partial charge in [0.05, 0.1) is 10.0 Å². The van der Waals surface area contributed by atoms with E-state index in [-0.39, 0.29) is 0 Å². The second-order valence-electron chi connectivity index (χ2n) is 5.21. The molecule has 1 N–H and O–H groups in total. The summed E-state index contributed by atoms with van der Waals surface area (Å²) in [6.45, 7) is 9.40. The van der Waals surface area contributed by atoms with E-state index < -0.39 is 0 Å². The average molecular weight is 334 g/mol. The van der Waals surface area contributed by atoms with Crippen LogP contribution in [0.2, 0.25) is 10.0 Å². The number of halogens is 2. The minimum atomic E-state index is 0.583. The van der Waals surface area contributed by atoms with Crippen molar-refractivity contribution in [2.75, 3.05) is 29.9 Å². The van der Waals surface area contributed by atoms with Gasteiger partial charge in [0.25, 0.3) is 0 Å². The SMILES string of the molecule is CCCNc1nc(N2CC(C)SC(C)C2)c(Cl)cc1Cl. The fraction of sp³-hybridized carbons (Fsp3) is 0.643. The van der Waals surface area contributed by atoms with E-state index in [1.807, 2.05) is 11.8 Å². The number of aromatic nitrogens is 1. The highest BCUT2D eigenvalue weighted by molar-refractivity contribution is 8.00. The van der Waals surface area contributed by atoms with E-state index >= 15 is 0 Å². The summed E-state index contributed by atoms with van der Waals surface area (Å²) in [5.74, 6) is 1.57. The van der Waals surface area contributed by atoms with Gasteiger partial charge in [0.15, 0.2) is 0 Å². The quantitative estimate of drug-likeness (QED) is 0.875. The number of nitrogens with zero attached hydrogens (tertiary/aromatic N) is 2. The van der Waals surface area contributed by atoms with Crippen molar-refractivity contribution in [3.05, 3.63) is 16.1 Å². The average Bonchev–Trinajstić information content (AvgIpc) is 2.36. The molecule has 0 radical (unpaired) electrons. The molecule has 1 aliphatic heterocycles. The molecule has 6 heteroatoms. The zero-order valence-electron chi connectivity index (χ0n) is 12.1. The van der Waals surface area contributed by atoms with Crippen molar-refractivity contribution in [2.45, 2.75) is 37.7 Å². The Bertz CT molecular complexity index is 460. The van der Waals surface area contributed by atoms with Gasteiger partial charge in [-0.25, -0.2) is 4.98 Å². The number of thioether (sulfide) groups is 1. The van der Waals surface area contributed by atoms with Crippen molar-refractivity contribution in [2.24, 2.45) is 0 Å². The van der Waals surface area contributed by atoms with Gasteiger partial charge in [-0.1, -0.05) is 44.0 Å². The van der Waals surface area contributed by atoms with E-state index in [4.69, 9.17) is 23.2 Å². The molecule has 0 spiro atoms. The van der Waals surface area contributed by atoms with Gasteiger partial charge in [-0.05, 0) is 12.5 Å². The fourth-order valence-electron chi connectivity index (χ4n) is 2.40. The Hall–Kier alpha value is -0.320. The molecule has 2 unspecified atom stereocenters. The van der Waals surface area contributed by atoms with Gasteiger partial charge in [0, 0.05) is 30.1 Å². The summed E-state index contributed by atoms with van der Waals surface area (Å²) in [7, 11) is 0. The van der Waals surface area contributed by atoms with Gasteiger partial charge in [0.2, 0.25) is 0 Å². The maximum absolute atomic E-state index is 6.34. The molecule has 112 valence electrons. The molecule has 3 nitrogen and oxygen atoms in total. The number of hydrogen-bond donors (Lipinski definition) is 1. The van der Waals surface area contributed by atoms with Crippen molar-refractivity contribution >= 4 is 46.6 Å². The van der Waals surface area contributed by atoms with Crippen LogP contribution in [0.25, 0.3) is 0 Å². The first kappa shape index (κ1) is 16.1. The Balaban J connectivity index is 2.25. The highest BCUT2D eigenvalue weighted by atomic mass is 35.5. The molecular weight excluding hydrogens is 313 g/mol. The molecule has 20 heavy (non-hydrogen) atoms. The highest BCUT2D eigenvalue weighted by Gasteiger charge is 2.25. The Labute approximate surface area is 135 Å². The van der Waals surface area contributed by atoms with Crippen LogP contribution in [0.15, 0.2) is 6.07 Å². The van der Waals surface area contributed by atoms with Gasteiger partial charge in [-0.15, -0.1) is 0 Å². The fourth-order valence-corrected chi connectivity index (χ4v) is 4.27. The summed E-state index contributed by atoms with van der Waals surface area (Å²) in [6, 6.07) is 1.79. The van der Waals surface area contributed by atoms with Crippen molar-refractivity contribution < 1.29 is 0 Å². The second-order valence-corrected chi connectivity index (χ2v) is 7.91. The first-order valence-electron chi connectivity index (χ1n) is 7.01. The largest absolute Gasteiger partial charge is 0.369 e. The minimum absolute atomic E-state index is 0.583. The van der Waals surface area contributed by atoms with Gasteiger partial charge in [0.1, 0.15) is 11.6 Å². The second kappa shape index (κ2) is 7.10. The third-order valence-electron chi connectivity index (χ3n) is 3.17. The molecule has 1 saturated heterocycles. The normalized spacial score (nSPS) is 22.9. The summed E-state index contributed by atoms with van der Waals surface area (Å²) >= 11 is 14.6. The Morgan fingerprint density at radius 1 is 1.30 bits per heavy atom. The predicted octanol–water partition coefficient (Wildman–Crippen LogP) is 4.54. The first-order chi connectivity index (χ1) is 9.51. The monoisotopic (exact) mass is 333 g/mol. The van der Waals surface area contributed by atoms with Gasteiger partial charge >= 0.3 is 0 Å². The Kier molecular flexibility index (Phi) is 5.70. The maximum atomic E-state index is 6.34. The Morgan fingerprint density at radius 3 is 2.55 bits per heavy atom. The summed E-state index contributed by atoms with van der Waals surface area (Å²) in [6.07, 6.45) is 1.03. The highest BCUT2D eigenvalue weighted by Crippen LogP contribution is 2.35. The van der Waals surface area contributed by atoms with Crippen LogP contribution in [0.3, 0.4) is 0 Å². The molecule has 0 saturated carbocycles. The van der Waals surface area contributed by atoms with Crippen LogP contribution in [-0.4, -0.2) is 35.1 Å². The Morgan fingerprint density at radius 2 is 1.95 bits per heavy atom. The zero-order valence-corrected chi connectivity index (χ0v) is 14.4. The predicted molar refractivity (Wildman–Crippen MR) is 91.8 cm³/mol. The lowest BCUT2D eigenvalue weighted by Gasteiger charge is -2.36. The third-order valence-corrected chi connectivity index (χ3v) is 4.97. The number of anilines is 2. The third kappa shape index (κ3) is 3.86. The molecule has 1 aromatic heterocycles. The lowest BCUT2D eigenvalue weighted by molar-refractivity contribution is 0.719. The van der Waals surface area contributed by atoms with E-state index in [1.54, 1.807) is 6.07 Å². The summed E-state index contributed by atoms with van der Waals surface area (Å²) in [5, 5.41) is 5.63. The first-order valence-corrected chi connectivity index (χ1v) is 8.71. The molecule has 0 bridgehead atoms. The van der Waals surface area contributed by atoms with Gasteiger partial charge < -0.3 is 10.2 Å². The van der Waals surface area contributed by atoms with Crippen LogP contribution >= 0.6 is 35.0 Å². The standard InChI is InChI=1S/C14H21Cl2N3S/c1-4-5-17-13-11(15)6-12(16)14(18-13)19-7-9(2)20-10(3)8-19/h6,9-10H,4-5,7-8H2,1-3H3,(H,17,18). The van der Waals surface area contributed by atoms with Crippen LogP contribution in [-0.2, 0) is 0 Å². The summed E-state index contributed by atoms with van der Waals surface area (Å²) in [4.78, 5) is 6.91. The van der Waals surface area contributed by atoms with E-state index in [9.17, 15) is 0 Å². The van der Waals surface area contributed by atoms with E-state index in [0.29, 0.717) is 20.5 Å². The zero-order chi connectivity index (χ0) is 14.7. The van der Waals surface area contributed by atoms with E-state index in [2.05, 4.69) is 36.0 Å². The number of hydrogen-bond acceptors (Lipinski definition) is 4. The number of pyridine rings is 1. The topological polar surface area (TPSA) is 28.2 Å². The summed E-state index contributed by atoms with van der Waals surface area (Å²) < 4.78 is 0. The van der Waals surface area contributed by atoms with Gasteiger partial charge in [-0.2, -0.15) is 11.8 Å². The number of rotatable bonds is 4. The van der Waals surface area contributed by atoms with Crippen LogP contribution in [0.5, 0.6) is 0 Å². The van der Waals surface area contributed by atoms with Crippen molar-refractivity contribution in [1.29, 1.82) is 0 Å². The molecule has 0 aromatic carbocycles. The molecular formula is C14H21Cl2N3S. The van der Waals surface area contributed by atoms with Crippen molar-refractivity contribution in [1.82, 2.24) is 4.98 Å². The molecule has 0 aliphatic carbocycles. The lowest BCUT2D eigenvalue weighted by atomic mass is 10.3. The molecule has 2 atom stereocenters. The minimum Gasteiger partial charge on any atom is -0.369 e. The van der Waals surface area contributed by atoms with Crippen LogP contribution in [0.1, 0.15) is 27.2 Å². The molecule has 0 amide bonds. The summed E-state index contributed by atoms with van der Waals surface area (Å²) in [5.41, 5.74) is 0. The van der Waals surface area contributed by atoms with Crippen LogP contribution in [0.4, 0.5) is 11.6 Å².